The molecule has 3 aromatic carbocycles. The number of carbonyl (C=O) groups is 2. The van der Waals surface area contributed by atoms with E-state index in [0.717, 1.165) is 21.7 Å². The van der Waals surface area contributed by atoms with E-state index in [1.807, 2.05) is 32.0 Å². The molecule has 0 atom stereocenters. The maximum atomic E-state index is 14.2. The number of anilines is 1. The predicted molar refractivity (Wildman–Crippen MR) is 121 cm³/mol. The third-order valence-electron chi connectivity index (χ3n) is 5.47. The summed E-state index contributed by atoms with van der Waals surface area (Å²) in [6.45, 7) is 3.77. The van der Waals surface area contributed by atoms with Crippen molar-refractivity contribution in [3.63, 3.8) is 0 Å². The van der Waals surface area contributed by atoms with Gasteiger partial charge in [-0.1, -0.05) is 48.0 Å². The molecule has 5 nitrogen and oxygen atoms in total. The average molecular weight is 430 g/mol. The zero-order chi connectivity index (χ0) is 22.8. The Balaban J connectivity index is 1.77. The van der Waals surface area contributed by atoms with Crippen molar-refractivity contribution in [2.24, 2.45) is 0 Å². The molecular weight excluding hydrogens is 407 g/mol. The zero-order valence-electron chi connectivity index (χ0n) is 18.1. The summed E-state index contributed by atoms with van der Waals surface area (Å²) in [7, 11) is 1.56. The molecule has 0 fully saturated rings. The van der Waals surface area contributed by atoms with Crippen LogP contribution in [0.5, 0.6) is 5.75 Å². The summed E-state index contributed by atoms with van der Waals surface area (Å²) in [5.41, 5.74) is 4.03. The lowest BCUT2D eigenvalue weighted by molar-refractivity contribution is -0.137. The number of rotatable bonds is 6. The predicted octanol–water partition coefficient (Wildman–Crippen LogP) is 4.84. The van der Waals surface area contributed by atoms with Crippen molar-refractivity contribution in [2.45, 2.75) is 20.4 Å². The number of imide groups is 1. The number of benzene rings is 3. The number of hydrogen-bond donors (Lipinski definition) is 1. The van der Waals surface area contributed by atoms with Crippen LogP contribution < -0.4 is 10.1 Å². The molecule has 3 aromatic rings. The van der Waals surface area contributed by atoms with Crippen molar-refractivity contribution in [2.75, 3.05) is 12.4 Å². The minimum atomic E-state index is -0.496. The van der Waals surface area contributed by atoms with E-state index in [-0.39, 0.29) is 23.4 Å². The molecule has 0 bridgehead atoms. The van der Waals surface area contributed by atoms with Crippen molar-refractivity contribution < 1.29 is 18.7 Å². The number of nitrogens with one attached hydrogen (secondary N) is 1. The number of aryl methyl sites for hydroxylation is 2. The van der Waals surface area contributed by atoms with Crippen molar-refractivity contribution in [1.82, 2.24) is 4.90 Å². The highest BCUT2D eigenvalue weighted by Crippen LogP contribution is 2.33. The van der Waals surface area contributed by atoms with E-state index in [0.29, 0.717) is 11.3 Å². The Bertz CT molecular complexity index is 1230. The molecule has 1 aliphatic rings. The van der Waals surface area contributed by atoms with E-state index in [4.69, 9.17) is 4.74 Å². The lowest BCUT2D eigenvalue weighted by atomic mass is 10.0. The molecule has 2 amide bonds. The largest absolute Gasteiger partial charge is 0.497 e. The minimum Gasteiger partial charge on any atom is -0.497 e. The van der Waals surface area contributed by atoms with E-state index < -0.39 is 17.6 Å². The first kappa shape index (κ1) is 21.3. The Morgan fingerprint density at radius 2 is 1.66 bits per heavy atom. The van der Waals surface area contributed by atoms with E-state index in [2.05, 4.69) is 5.32 Å². The number of nitrogens with zero attached hydrogens (tertiary/aromatic N) is 1. The van der Waals surface area contributed by atoms with E-state index in [9.17, 15) is 14.0 Å². The maximum Gasteiger partial charge on any atom is 0.278 e. The summed E-state index contributed by atoms with van der Waals surface area (Å²) in [6, 6.07) is 18.9. The Hall–Kier alpha value is -3.93. The maximum absolute atomic E-state index is 14.2. The number of carbonyl (C=O) groups excluding carboxylic acids is 2. The number of ether oxygens (including phenoxy) is 1. The van der Waals surface area contributed by atoms with Crippen LogP contribution in [0.15, 0.2) is 72.4 Å². The van der Waals surface area contributed by atoms with E-state index in [1.165, 1.54) is 6.07 Å². The van der Waals surface area contributed by atoms with Crippen LogP contribution >= 0.6 is 0 Å². The van der Waals surface area contributed by atoms with Crippen LogP contribution in [-0.4, -0.2) is 23.8 Å². The summed E-state index contributed by atoms with van der Waals surface area (Å²) in [4.78, 5) is 27.8. The smallest absolute Gasteiger partial charge is 0.278 e. The summed E-state index contributed by atoms with van der Waals surface area (Å²) >= 11 is 0. The van der Waals surface area contributed by atoms with Crippen molar-refractivity contribution in [3.8, 4) is 5.75 Å². The van der Waals surface area contributed by atoms with E-state index >= 15 is 0 Å². The van der Waals surface area contributed by atoms with Crippen molar-refractivity contribution >= 4 is 23.1 Å². The Morgan fingerprint density at radius 1 is 0.938 bits per heavy atom. The van der Waals surface area contributed by atoms with Gasteiger partial charge in [-0.15, -0.1) is 0 Å². The first-order valence-corrected chi connectivity index (χ1v) is 10.2. The van der Waals surface area contributed by atoms with Gasteiger partial charge in [-0.2, -0.15) is 0 Å². The van der Waals surface area contributed by atoms with Gasteiger partial charge >= 0.3 is 0 Å². The number of amides is 2. The molecule has 0 unspecified atom stereocenters. The third kappa shape index (κ3) is 3.99. The molecule has 0 saturated carbocycles. The normalized spacial score (nSPS) is 13.7. The first-order valence-electron chi connectivity index (χ1n) is 10.2. The molecule has 1 heterocycles. The van der Waals surface area contributed by atoms with Crippen molar-refractivity contribution in [1.29, 1.82) is 0 Å². The van der Waals surface area contributed by atoms with Gasteiger partial charge in [-0.25, -0.2) is 4.39 Å². The number of methoxy groups -OCH3 is 1. The molecular formula is C26H23FN2O3. The Morgan fingerprint density at radius 3 is 2.31 bits per heavy atom. The monoisotopic (exact) mass is 430 g/mol. The molecule has 32 heavy (non-hydrogen) atoms. The quantitative estimate of drug-likeness (QED) is 0.569. The van der Waals surface area contributed by atoms with Crippen LogP contribution in [-0.2, 0) is 16.1 Å². The van der Waals surface area contributed by atoms with Crippen LogP contribution in [0.25, 0.3) is 5.57 Å². The summed E-state index contributed by atoms with van der Waals surface area (Å²) < 4.78 is 19.4. The van der Waals surface area contributed by atoms with Gasteiger partial charge in [0.2, 0.25) is 0 Å². The fraction of sp³-hybridized carbons (Fsp3) is 0.154. The molecule has 4 rings (SSSR count). The van der Waals surface area contributed by atoms with Crippen LogP contribution in [0.3, 0.4) is 0 Å². The zero-order valence-corrected chi connectivity index (χ0v) is 18.1. The van der Waals surface area contributed by atoms with Gasteiger partial charge in [0.25, 0.3) is 11.8 Å². The highest BCUT2D eigenvalue weighted by molar-refractivity contribution is 6.36. The second kappa shape index (κ2) is 8.67. The highest BCUT2D eigenvalue weighted by atomic mass is 19.1. The Labute approximate surface area is 186 Å². The summed E-state index contributed by atoms with van der Waals surface area (Å²) in [5, 5.41) is 3.17. The second-order valence-corrected chi connectivity index (χ2v) is 7.71. The van der Waals surface area contributed by atoms with Crippen molar-refractivity contribution in [3.05, 3.63) is 100 Å². The van der Waals surface area contributed by atoms with Gasteiger partial charge in [-0.05, 0) is 49.2 Å². The molecule has 1 N–H and O–H groups in total. The van der Waals surface area contributed by atoms with Crippen LogP contribution in [0.1, 0.15) is 22.3 Å². The average Bonchev–Trinajstić information content (AvgIpc) is 3.01. The number of halogens is 1. The first-order chi connectivity index (χ1) is 15.4. The third-order valence-corrected chi connectivity index (χ3v) is 5.47. The summed E-state index contributed by atoms with van der Waals surface area (Å²) in [5.74, 6) is -0.798. The van der Waals surface area contributed by atoms with Gasteiger partial charge in [0.1, 0.15) is 17.3 Å². The van der Waals surface area contributed by atoms with Gasteiger partial charge in [0.05, 0.1) is 19.2 Å². The molecule has 0 saturated heterocycles. The van der Waals surface area contributed by atoms with Gasteiger partial charge in [-0.3, -0.25) is 14.5 Å². The molecule has 1 aliphatic heterocycles. The SMILES string of the molecule is COc1ccc(C2=C(Nc3ccc(C)cc3C)C(=O)N(Cc3ccccc3F)C2=O)cc1. The standard InChI is InChI=1S/C26H23FN2O3/c1-16-8-13-22(17(2)14-16)28-24-23(18-9-11-20(32-3)12-10-18)25(30)29(26(24)31)15-19-6-4-5-7-21(19)27/h4-14,28H,15H2,1-3H3. The molecule has 0 spiro atoms. The van der Waals surface area contributed by atoms with Gasteiger partial charge in [0, 0.05) is 11.3 Å². The van der Waals surface area contributed by atoms with Gasteiger partial charge in [0.15, 0.2) is 0 Å². The molecule has 0 radical (unpaired) electrons. The van der Waals surface area contributed by atoms with Crippen LogP contribution in [0, 0.1) is 19.7 Å². The second-order valence-electron chi connectivity index (χ2n) is 7.71. The Kier molecular flexibility index (Phi) is 5.77. The van der Waals surface area contributed by atoms with Crippen LogP contribution in [0.4, 0.5) is 10.1 Å². The minimum absolute atomic E-state index is 0.151. The highest BCUT2D eigenvalue weighted by Gasteiger charge is 2.39. The number of hydrogen-bond acceptors (Lipinski definition) is 4. The molecule has 0 aromatic heterocycles. The van der Waals surface area contributed by atoms with Crippen LogP contribution in [0.2, 0.25) is 0 Å². The topological polar surface area (TPSA) is 58.6 Å². The molecule has 0 aliphatic carbocycles. The fourth-order valence-corrected chi connectivity index (χ4v) is 3.75. The lowest BCUT2D eigenvalue weighted by Gasteiger charge is -2.16. The molecule has 162 valence electrons. The summed E-state index contributed by atoms with van der Waals surface area (Å²) in [6.07, 6.45) is 0. The fourth-order valence-electron chi connectivity index (χ4n) is 3.75. The lowest BCUT2D eigenvalue weighted by Crippen LogP contribution is -2.32. The van der Waals surface area contributed by atoms with Gasteiger partial charge < -0.3 is 10.1 Å². The van der Waals surface area contributed by atoms with E-state index in [1.54, 1.807) is 49.6 Å². The molecule has 6 heteroatoms.